The molecular weight excluding hydrogens is 266 g/mol. The van der Waals surface area contributed by atoms with Crippen LogP contribution in [-0.2, 0) is 0 Å². The van der Waals surface area contributed by atoms with Crippen molar-refractivity contribution in [3.05, 3.63) is 63.6 Å². The second-order valence-electron chi connectivity index (χ2n) is 4.42. The van der Waals surface area contributed by atoms with E-state index in [1.165, 1.54) is 12.1 Å². The summed E-state index contributed by atoms with van der Waals surface area (Å²) in [6, 6.07) is 9.83. The van der Waals surface area contributed by atoms with E-state index in [2.05, 4.69) is 22.1 Å². The van der Waals surface area contributed by atoms with Crippen LogP contribution in [0.25, 0.3) is 0 Å². The van der Waals surface area contributed by atoms with Gasteiger partial charge in [0.15, 0.2) is 0 Å². The summed E-state index contributed by atoms with van der Waals surface area (Å²) in [5.41, 5.74) is 7.69. The van der Waals surface area contributed by atoms with Crippen molar-refractivity contribution in [1.29, 1.82) is 0 Å². The number of hydrogen-bond donors (Lipinski definition) is 3. The number of carbonyl (C=O) groups is 1. The summed E-state index contributed by atoms with van der Waals surface area (Å²) in [5, 5.41) is 2.73. The SMILES string of the molecule is Cc1cc(NC(=O)c2cccc(=O)[nH]2)ccc1C#CCN. The van der Waals surface area contributed by atoms with Crippen LogP contribution in [0.5, 0.6) is 0 Å². The van der Waals surface area contributed by atoms with E-state index in [4.69, 9.17) is 5.73 Å². The molecular formula is C16H15N3O2. The van der Waals surface area contributed by atoms with Gasteiger partial charge in [-0.25, -0.2) is 0 Å². The Bertz CT molecular complexity index is 782. The minimum atomic E-state index is -0.368. The fourth-order valence-corrected chi connectivity index (χ4v) is 1.81. The van der Waals surface area contributed by atoms with E-state index in [-0.39, 0.29) is 17.2 Å². The Morgan fingerprint density at radius 3 is 2.81 bits per heavy atom. The van der Waals surface area contributed by atoms with Gasteiger partial charge in [-0.15, -0.1) is 0 Å². The molecule has 21 heavy (non-hydrogen) atoms. The minimum absolute atomic E-state index is 0.215. The first-order valence-electron chi connectivity index (χ1n) is 6.40. The van der Waals surface area contributed by atoms with Crippen molar-refractivity contribution in [3.8, 4) is 11.8 Å². The summed E-state index contributed by atoms with van der Waals surface area (Å²) in [4.78, 5) is 25.7. The van der Waals surface area contributed by atoms with Crippen molar-refractivity contribution in [3.63, 3.8) is 0 Å². The van der Waals surface area contributed by atoms with E-state index in [9.17, 15) is 9.59 Å². The van der Waals surface area contributed by atoms with Gasteiger partial charge in [0.2, 0.25) is 5.56 Å². The van der Waals surface area contributed by atoms with E-state index in [1.54, 1.807) is 12.1 Å². The van der Waals surface area contributed by atoms with Gasteiger partial charge in [0.1, 0.15) is 5.69 Å². The lowest BCUT2D eigenvalue weighted by molar-refractivity contribution is 0.102. The first-order valence-corrected chi connectivity index (χ1v) is 6.40. The van der Waals surface area contributed by atoms with Crippen molar-refractivity contribution in [2.75, 3.05) is 11.9 Å². The molecule has 0 saturated carbocycles. The van der Waals surface area contributed by atoms with Gasteiger partial charge in [0.05, 0.1) is 6.54 Å². The highest BCUT2D eigenvalue weighted by Crippen LogP contribution is 2.15. The maximum atomic E-state index is 12.0. The molecule has 4 N–H and O–H groups in total. The second-order valence-corrected chi connectivity index (χ2v) is 4.42. The van der Waals surface area contributed by atoms with Crippen molar-refractivity contribution >= 4 is 11.6 Å². The van der Waals surface area contributed by atoms with E-state index in [0.29, 0.717) is 12.2 Å². The molecule has 1 heterocycles. The van der Waals surface area contributed by atoms with Crippen molar-refractivity contribution in [1.82, 2.24) is 4.98 Å². The summed E-state index contributed by atoms with van der Waals surface area (Å²) < 4.78 is 0. The van der Waals surface area contributed by atoms with E-state index < -0.39 is 0 Å². The molecule has 0 spiro atoms. The molecule has 2 rings (SSSR count). The normalized spacial score (nSPS) is 9.62. The zero-order chi connectivity index (χ0) is 15.2. The lowest BCUT2D eigenvalue weighted by Crippen LogP contribution is -2.17. The molecule has 0 aliphatic rings. The summed E-state index contributed by atoms with van der Waals surface area (Å²) in [6.45, 7) is 2.21. The molecule has 0 aliphatic heterocycles. The van der Waals surface area contributed by atoms with E-state index in [0.717, 1.165) is 11.1 Å². The van der Waals surface area contributed by atoms with Crippen LogP contribution in [0, 0.1) is 18.8 Å². The number of pyridine rings is 1. The van der Waals surface area contributed by atoms with Crippen LogP contribution in [0.2, 0.25) is 0 Å². The Hall–Kier alpha value is -2.84. The number of aromatic amines is 1. The molecule has 0 radical (unpaired) electrons. The summed E-state index contributed by atoms with van der Waals surface area (Å²) in [7, 11) is 0. The van der Waals surface area contributed by atoms with Crippen LogP contribution in [0.3, 0.4) is 0 Å². The number of benzene rings is 1. The highest BCUT2D eigenvalue weighted by Gasteiger charge is 2.07. The molecule has 0 bridgehead atoms. The molecule has 106 valence electrons. The second kappa shape index (κ2) is 6.55. The number of H-pyrrole nitrogens is 1. The molecule has 0 unspecified atom stereocenters. The maximum Gasteiger partial charge on any atom is 0.272 e. The van der Waals surface area contributed by atoms with Gasteiger partial charge in [0, 0.05) is 17.3 Å². The third-order valence-electron chi connectivity index (χ3n) is 2.82. The van der Waals surface area contributed by atoms with Gasteiger partial charge < -0.3 is 16.0 Å². The number of carbonyl (C=O) groups excluding carboxylic acids is 1. The minimum Gasteiger partial charge on any atom is -0.321 e. The van der Waals surface area contributed by atoms with Gasteiger partial charge in [0.25, 0.3) is 5.91 Å². The number of hydrogen-bond acceptors (Lipinski definition) is 3. The lowest BCUT2D eigenvalue weighted by Gasteiger charge is -2.07. The standard InChI is InChI=1S/C16H15N3O2/c1-11-10-13(8-7-12(11)4-3-9-17)18-16(21)14-5-2-6-15(20)19-14/h2,5-8,10H,9,17H2,1H3,(H,18,21)(H,19,20). The Morgan fingerprint density at radius 1 is 1.33 bits per heavy atom. The fourth-order valence-electron chi connectivity index (χ4n) is 1.81. The van der Waals surface area contributed by atoms with Crippen LogP contribution in [0.15, 0.2) is 41.2 Å². The first-order chi connectivity index (χ1) is 10.1. The molecule has 0 saturated heterocycles. The molecule has 1 amide bonds. The Balaban J connectivity index is 2.18. The topological polar surface area (TPSA) is 88.0 Å². The third-order valence-corrected chi connectivity index (χ3v) is 2.82. The van der Waals surface area contributed by atoms with Crippen molar-refractivity contribution in [2.24, 2.45) is 5.73 Å². The Morgan fingerprint density at radius 2 is 2.14 bits per heavy atom. The highest BCUT2D eigenvalue weighted by molar-refractivity contribution is 6.02. The Kier molecular flexibility index (Phi) is 4.54. The third kappa shape index (κ3) is 3.81. The van der Waals surface area contributed by atoms with Crippen LogP contribution in [0.1, 0.15) is 21.6 Å². The monoisotopic (exact) mass is 281 g/mol. The number of nitrogens with one attached hydrogen (secondary N) is 2. The molecule has 5 nitrogen and oxygen atoms in total. The van der Waals surface area contributed by atoms with Gasteiger partial charge in [-0.2, -0.15) is 0 Å². The predicted molar refractivity (Wildman–Crippen MR) is 82.1 cm³/mol. The number of aromatic nitrogens is 1. The number of amides is 1. The lowest BCUT2D eigenvalue weighted by atomic mass is 10.1. The van der Waals surface area contributed by atoms with Crippen molar-refractivity contribution < 1.29 is 4.79 Å². The smallest absolute Gasteiger partial charge is 0.272 e. The number of aryl methyl sites for hydroxylation is 1. The van der Waals surface area contributed by atoms with Crippen molar-refractivity contribution in [2.45, 2.75) is 6.92 Å². The van der Waals surface area contributed by atoms with Crippen LogP contribution < -0.4 is 16.6 Å². The van der Waals surface area contributed by atoms with Crippen LogP contribution >= 0.6 is 0 Å². The molecule has 0 fully saturated rings. The molecule has 5 heteroatoms. The van der Waals surface area contributed by atoms with Gasteiger partial charge >= 0.3 is 0 Å². The van der Waals surface area contributed by atoms with Gasteiger partial charge in [-0.3, -0.25) is 9.59 Å². The van der Waals surface area contributed by atoms with Gasteiger partial charge in [-0.1, -0.05) is 17.9 Å². The van der Waals surface area contributed by atoms with Crippen LogP contribution in [-0.4, -0.2) is 17.4 Å². The van der Waals surface area contributed by atoms with E-state index in [1.807, 2.05) is 19.1 Å². The summed E-state index contributed by atoms with van der Waals surface area (Å²) in [6.07, 6.45) is 0. The number of anilines is 1. The summed E-state index contributed by atoms with van der Waals surface area (Å²) >= 11 is 0. The zero-order valence-electron chi connectivity index (χ0n) is 11.6. The first kappa shape index (κ1) is 14.6. The zero-order valence-corrected chi connectivity index (χ0v) is 11.6. The van der Waals surface area contributed by atoms with Gasteiger partial charge in [-0.05, 0) is 36.8 Å². The molecule has 2 aromatic rings. The Labute approximate surface area is 122 Å². The number of nitrogens with two attached hydrogens (primary N) is 1. The molecule has 1 aromatic heterocycles. The van der Waals surface area contributed by atoms with Crippen LogP contribution in [0.4, 0.5) is 5.69 Å². The maximum absolute atomic E-state index is 12.0. The molecule has 0 atom stereocenters. The highest BCUT2D eigenvalue weighted by atomic mass is 16.2. The molecule has 1 aromatic carbocycles. The fraction of sp³-hybridized carbons (Fsp3) is 0.125. The largest absolute Gasteiger partial charge is 0.321 e. The summed E-state index contributed by atoms with van der Waals surface area (Å²) in [5.74, 6) is 5.38. The average Bonchev–Trinajstić information content (AvgIpc) is 2.46. The number of rotatable bonds is 2. The predicted octanol–water partition coefficient (Wildman–Crippen LogP) is 1.25. The average molecular weight is 281 g/mol. The van der Waals surface area contributed by atoms with E-state index >= 15 is 0 Å². The molecule has 0 aliphatic carbocycles. The quantitative estimate of drug-likeness (QED) is 0.724.